The molecule has 1 aromatic carbocycles. The standard InChI is InChI=1S/C8H7N3O3S2/c12-13-14-16-7-3-1-2-6(4-7)11-8(15)5-9-10-11/h1-5,10,12H. The van der Waals surface area contributed by atoms with Crippen LogP contribution in [0.3, 0.4) is 0 Å². The molecule has 0 radical (unpaired) electrons. The van der Waals surface area contributed by atoms with Gasteiger partial charge in [0, 0.05) is 4.90 Å². The summed E-state index contributed by atoms with van der Waals surface area (Å²) in [4.78, 5) is 0.753. The smallest absolute Gasteiger partial charge is 0.147 e. The maximum Gasteiger partial charge on any atom is 0.147 e. The summed E-state index contributed by atoms with van der Waals surface area (Å²) in [5.74, 6) is 0. The Hall–Kier alpha value is -1.19. The van der Waals surface area contributed by atoms with Gasteiger partial charge >= 0.3 is 0 Å². The molecule has 1 aromatic heterocycles. The fraction of sp³-hybridized carbons (Fsp3) is 0. The van der Waals surface area contributed by atoms with Crippen LogP contribution in [-0.4, -0.2) is 20.3 Å². The average Bonchev–Trinajstić information content (AvgIpc) is 2.73. The van der Waals surface area contributed by atoms with Crippen molar-refractivity contribution >= 4 is 24.3 Å². The largest absolute Gasteiger partial charge is 0.228 e. The Morgan fingerprint density at radius 2 is 2.38 bits per heavy atom. The van der Waals surface area contributed by atoms with E-state index < -0.39 is 0 Å². The Morgan fingerprint density at radius 1 is 1.50 bits per heavy atom. The average molecular weight is 257 g/mol. The molecule has 2 N–H and O–H groups in total. The first-order chi connectivity index (χ1) is 7.81. The maximum absolute atomic E-state index is 8.04. The summed E-state index contributed by atoms with van der Waals surface area (Å²) in [6, 6.07) is 7.28. The number of benzene rings is 1. The highest BCUT2D eigenvalue weighted by Gasteiger charge is 2.01. The van der Waals surface area contributed by atoms with Crippen LogP contribution in [0.4, 0.5) is 0 Å². The summed E-state index contributed by atoms with van der Waals surface area (Å²) in [6.07, 6.45) is 1.54. The van der Waals surface area contributed by atoms with Crippen molar-refractivity contribution in [1.29, 1.82) is 0 Å². The number of aromatic nitrogens is 3. The Morgan fingerprint density at radius 3 is 3.06 bits per heavy atom. The lowest BCUT2D eigenvalue weighted by molar-refractivity contribution is -0.432. The second-order valence-electron chi connectivity index (χ2n) is 2.76. The van der Waals surface area contributed by atoms with E-state index >= 15 is 0 Å². The molecule has 0 spiro atoms. The van der Waals surface area contributed by atoms with Crippen LogP contribution in [0.15, 0.2) is 35.4 Å². The molecule has 0 aliphatic heterocycles. The monoisotopic (exact) mass is 257 g/mol. The van der Waals surface area contributed by atoms with E-state index in [2.05, 4.69) is 19.7 Å². The number of nitrogens with zero attached hydrogens (tertiary/aromatic N) is 2. The van der Waals surface area contributed by atoms with Crippen LogP contribution < -0.4 is 0 Å². The zero-order chi connectivity index (χ0) is 11.4. The lowest BCUT2D eigenvalue weighted by Gasteiger charge is -2.03. The van der Waals surface area contributed by atoms with Crippen molar-refractivity contribution in [3.63, 3.8) is 0 Å². The van der Waals surface area contributed by atoms with Crippen molar-refractivity contribution in [2.45, 2.75) is 4.90 Å². The molecule has 2 rings (SSSR count). The number of H-pyrrole nitrogens is 1. The molecule has 0 atom stereocenters. The third kappa shape index (κ3) is 2.49. The first-order valence-electron chi connectivity index (χ1n) is 4.19. The van der Waals surface area contributed by atoms with E-state index in [1.807, 2.05) is 12.1 Å². The van der Waals surface area contributed by atoms with Crippen molar-refractivity contribution in [1.82, 2.24) is 15.0 Å². The first-order valence-corrected chi connectivity index (χ1v) is 5.34. The van der Waals surface area contributed by atoms with Gasteiger partial charge in [-0.25, -0.2) is 15.2 Å². The maximum atomic E-state index is 8.04. The Balaban J connectivity index is 2.29. The molecule has 0 amide bonds. The number of nitrogens with one attached hydrogen (secondary N) is 1. The van der Waals surface area contributed by atoms with Gasteiger partial charge in [-0.1, -0.05) is 23.3 Å². The van der Waals surface area contributed by atoms with Crippen LogP contribution in [0.1, 0.15) is 0 Å². The summed E-state index contributed by atoms with van der Waals surface area (Å²) in [6.45, 7) is 0. The summed E-state index contributed by atoms with van der Waals surface area (Å²) in [7, 11) is 0. The molecule has 2 aromatic rings. The molecule has 1 heterocycles. The van der Waals surface area contributed by atoms with Gasteiger partial charge in [0.25, 0.3) is 0 Å². The van der Waals surface area contributed by atoms with Crippen molar-refractivity contribution < 1.29 is 14.6 Å². The lowest BCUT2D eigenvalue weighted by atomic mass is 10.3. The van der Waals surface area contributed by atoms with Crippen molar-refractivity contribution in [2.24, 2.45) is 0 Å². The van der Waals surface area contributed by atoms with Gasteiger partial charge < -0.3 is 0 Å². The molecule has 0 bridgehead atoms. The zero-order valence-corrected chi connectivity index (χ0v) is 9.49. The normalized spacial score (nSPS) is 10.6. The highest BCUT2D eigenvalue weighted by atomic mass is 32.2. The summed E-state index contributed by atoms with van der Waals surface area (Å²) < 4.78 is 6.54. The van der Waals surface area contributed by atoms with E-state index in [1.54, 1.807) is 23.0 Å². The van der Waals surface area contributed by atoms with E-state index in [0.29, 0.717) is 4.64 Å². The van der Waals surface area contributed by atoms with E-state index in [1.165, 1.54) is 0 Å². The van der Waals surface area contributed by atoms with Crippen LogP contribution in [0, 0.1) is 4.64 Å². The molecule has 0 unspecified atom stereocenters. The van der Waals surface area contributed by atoms with Gasteiger partial charge in [-0.05, 0) is 18.2 Å². The second-order valence-corrected chi connectivity index (χ2v) is 3.95. The van der Waals surface area contributed by atoms with Crippen LogP contribution >= 0.6 is 24.3 Å². The topological polar surface area (TPSA) is 72.3 Å². The number of hydrogen-bond donors (Lipinski definition) is 2. The van der Waals surface area contributed by atoms with Gasteiger partial charge in [-0.2, -0.15) is 5.10 Å². The Labute approximate surface area is 99.9 Å². The lowest BCUT2D eigenvalue weighted by Crippen LogP contribution is -1.96. The molecule has 0 aliphatic rings. The molecule has 0 saturated carbocycles. The molecular weight excluding hydrogens is 250 g/mol. The first kappa shape index (κ1) is 11.3. The zero-order valence-electron chi connectivity index (χ0n) is 7.86. The van der Waals surface area contributed by atoms with Crippen molar-refractivity contribution in [2.75, 3.05) is 0 Å². The fourth-order valence-corrected chi connectivity index (χ4v) is 1.77. The van der Waals surface area contributed by atoms with E-state index in [0.717, 1.165) is 22.6 Å². The Kier molecular flexibility index (Phi) is 3.70. The summed E-state index contributed by atoms with van der Waals surface area (Å²) in [5.41, 5.74) is 0.814. The number of rotatable bonds is 4. The van der Waals surface area contributed by atoms with Gasteiger partial charge in [0.15, 0.2) is 0 Å². The number of aromatic amines is 1. The van der Waals surface area contributed by atoms with Crippen molar-refractivity contribution in [3.8, 4) is 5.69 Å². The van der Waals surface area contributed by atoms with E-state index in [9.17, 15) is 0 Å². The van der Waals surface area contributed by atoms with Crippen LogP contribution in [0.25, 0.3) is 5.69 Å². The molecule has 0 aliphatic carbocycles. The molecule has 0 fully saturated rings. The molecule has 6 nitrogen and oxygen atoms in total. The molecule has 16 heavy (non-hydrogen) atoms. The molecule has 8 heteroatoms. The van der Waals surface area contributed by atoms with E-state index in [4.69, 9.17) is 17.5 Å². The molecule has 84 valence electrons. The van der Waals surface area contributed by atoms with Crippen molar-refractivity contribution in [3.05, 3.63) is 35.1 Å². The predicted octanol–water partition coefficient (Wildman–Crippen LogP) is 2.36. The van der Waals surface area contributed by atoms with Gasteiger partial charge in [0.1, 0.15) is 4.64 Å². The summed E-state index contributed by atoms with van der Waals surface area (Å²) >= 11 is 5.95. The van der Waals surface area contributed by atoms with Gasteiger partial charge in [-0.3, -0.25) is 0 Å². The molecular formula is C8H7N3O3S2. The predicted molar refractivity (Wildman–Crippen MR) is 59.4 cm³/mol. The van der Waals surface area contributed by atoms with E-state index in [-0.39, 0.29) is 0 Å². The minimum absolute atomic E-state index is 0.571. The SMILES string of the molecule is OOOSc1cccc(-n2[nH]ncc2=S)c1. The quantitative estimate of drug-likeness (QED) is 0.379. The second kappa shape index (κ2) is 5.23. The fourth-order valence-electron chi connectivity index (χ4n) is 1.16. The van der Waals surface area contributed by atoms with Crippen LogP contribution in [-0.2, 0) is 9.37 Å². The van der Waals surface area contributed by atoms with Gasteiger partial charge in [0.05, 0.1) is 23.9 Å². The number of hydrogen-bond acceptors (Lipinski definition) is 6. The third-order valence-electron chi connectivity index (χ3n) is 1.79. The Bertz CT molecular complexity index is 525. The van der Waals surface area contributed by atoms with Crippen LogP contribution in [0.2, 0.25) is 0 Å². The third-order valence-corrected chi connectivity index (χ3v) is 2.65. The highest BCUT2D eigenvalue weighted by Crippen LogP contribution is 2.21. The highest BCUT2D eigenvalue weighted by molar-refractivity contribution is 7.94. The van der Waals surface area contributed by atoms with Gasteiger partial charge in [0.2, 0.25) is 0 Å². The molecule has 0 saturated heterocycles. The van der Waals surface area contributed by atoms with Gasteiger partial charge in [-0.15, -0.1) is 4.33 Å². The minimum Gasteiger partial charge on any atom is -0.228 e. The minimum atomic E-state index is 0.571. The summed E-state index contributed by atoms with van der Waals surface area (Å²) in [5, 5.41) is 18.1. The van der Waals surface area contributed by atoms with Crippen LogP contribution in [0.5, 0.6) is 0 Å².